The Bertz CT molecular complexity index is 1060. The minimum Gasteiger partial charge on any atom is -0.387 e. The van der Waals surface area contributed by atoms with E-state index in [9.17, 15) is 29.3 Å². The zero-order valence-corrected chi connectivity index (χ0v) is 18.6. The fourth-order valence-electron chi connectivity index (χ4n) is 1.84. The summed E-state index contributed by atoms with van der Waals surface area (Å²) in [5.74, 6) is -3.04. The Hall–Kier alpha value is -3.13. The molecule has 16 heteroatoms. The molecule has 0 aliphatic carbocycles. The highest BCUT2D eigenvalue weighted by atomic mass is 35.5. The van der Waals surface area contributed by atoms with Gasteiger partial charge in [0, 0.05) is 17.5 Å². The van der Waals surface area contributed by atoms with Crippen molar-refractivity contribution in [1.29, 1.82) is 0 Å². The van der Waals surface area contributed by atoms with E-state index in [0.29, 0.717) is 0 Å². The maximum absolute atomic E-state index is 11.8. The van der Waals surface area contributed by atoms with Crippen LogP contribution < -0.4 is 5.32 Å². The normalized spacial score (nSPS) is 10.5. The minimum atomic E-state index is -1.15. The number of carbonyl (C=O) groups is 4. The molecule has 2 aromatic rings. The number of oxime groups is 1. The lowest BCUT2D eigenvalue weighted by Crippen LogP contribution is -2.18. The Labute approximate surface area is 199 Å². The number of halogens is 3. The SMILES string of the molecule is Cl.O=C(CCl)Nc1nc(C(=NOCC(=O)OC(=O)c2ccc([N+](=O)[O-])cc2)C(=O)Cl)cs1. The summed E-state index contributed by atoms with van der Waals surface area (Å²) in [5, 5.41) is 16.8. The van der Waals surface area contributed by atoms with E-state index in [2.05, 4.69) is 20.2 Å². The molecular formula is C16H11Cl3N4O8S. The summed E-state index contributed by atoms with van der Waals surface area (Å²) >= 11 is 11.7. The van der Waals surface area contributed by atoms with E-state index >= 15 is 0 Å². The molecule has 0 bridgehead atoms. The molecule has 1 heterocycles. The van der Waals surface area contributed by atoms with Crippen molar-refractivity contribution in [2.75, 3.05) is 17.8 Å². The predicted octanol–water partition coefficient (Wildman–Crippen LogP) is 2.52. The van der Waals surface area contributed by atoms with Crippen molar-refractivity contribution < 1.29 is 33.7 Å². The molecule has 0 radical (unpaired) electrons. The quantitative estimate of drug-likeness (QED) is 0.0983. The van der Waals surface area contributed by atoms with Crippen molar-refractivity contribution in [2.45, 2.75) is 0 Å². The van der Waals surface area contributed by atoms with Crippen LogP contribution in [0.25, 0.3) is 0 Å². The summed E-state index contributed by atoms with van der Waals surface area (Å²) in [4.78, 5) is 64.9. The molecule has 0 fully saturated rings. The highest BCUT2D eigenvalue weighted by molar-refractivity contribution is 7.14. The summed E-state index contributed by atoms with van der Waals surface area (Å²) < 4.78 is 4.51. The van der Waals surface area contributed by atoms with Crippen LogP contribution in [-0.2, 0) is 24.0 Å². The van der Waals surface area contributed by atoms with Gasteiger partial charge in [0.1, 0.15) is 11.6 Å². The van der Waals surface area contributed by atoms with Crippen molar-refractivity contribution in [3.63, 3.8) is 0 Å². The second-order valence-electron chi connectivity index (χ2n) is 5.27. The van der Waals surface area contributed by atoms with Crippen LogP contribution in [0.3, 0.4) is 0 Å². The molecule has 0 aliphatic rings. The van der Waals surface area contributed by atoms with Gasteiger partial charge >= 0.3 is 11.9 Å². The van der Waals surface area contributed by atoms with Gasteiger partial charge in [0.05, 0.1) is 10.5 Å². The summed E-state index contributed by atoms with van der Waals surface area (Å²) in [7, 11) is 0. The van der Waals surface area contributed by atoms with Gasteiger partial charge in [0.2, 0.25) is 12.5 Å². The molecule has 1 aromatic carbocycles. The van der Waals surface area contributed by atoms with Crippen LogP contribution in [0.1, 0.15) is 16.1 Å². The third kappa shape index (κ3) is 7.85. The number of nitro groups is 1. The van der Waals surface area contributed by atoms with Crippen molar-refractivity contribution in [3.8, 4) is 0 Å². The first-order chi connectivity index (χ1) is 14.7. The van der Waals surface area contributed by atoms with Crippen LogP contribution in [0.2, 0.25) is 0 Å². The molecule has 0 saturated carbocycles. The number of hydrogen-bond donors (Lipinski definition) is 1. The predicted molar refractivity (Wildman–Crippen MR) is 116 cm³/mol. The van der Waals surface area contributed by atoms with Crippen LogP contribution in [0.4, 0.5) is 10.8 Å². The van der Waals surface area contributed by atoms with E-state index in [0.717, 1.165) is 35.6 Å². The van der Waals surface area contributed by atoms with Crippen molar-refractivity contribution in [1.82, 2.24) is 4.98 Å². The summed E-state index contributed by atoms with van der Waals surface area (Å²) in [6.45, 7) is -0.855. The fraction of sp³-hybridized carbons (Fsp3) is 0.125. The lowest BCUT2D eigenvalue weighted by Gasteiger charge is -2.03. The van der Waals surface area contributed by atoms with E-state index in [1.807, 2.05) is 0 Å². The third-order valence-electron chi connectivity index (χ3n) is 3.16. The van der Waals surface area contributed by atoms with Gasteiger partial charge in [0.15, 0.2) is 10.8 Å². The van der Waals surface area contributed by atoms with Gasteiger partial charge in [-0.3, -0.25) is 19.7 Å². The molecular weight excluding hydrogens is 515 g/mol. The molecule has 0 unspecified atom stereocenters. The number of ether oxygens (including phenoxy) is 1. The second kappa shape index (κ2) is 12.7. The number of rotatable bonds is 9. The largest absolute Gasteiger partial charge is 0.387 e. The van der Waals surface area contributed by atoms with Gasteiger partial charge in [-0.25, -0.2) is 14.6 Å². The van der Waals surface area contributed by atoms with Gasteiger partial charge in [0.25, 0.3) is 10.9 Å². The maximum Gasteiger partial charge on any atom is 0.354 e. The number of nitrogens with one attached hydrogen (secondary N) is 1. The van der Waals surface area contributed by atoms with Gasteiger partial charge in [-0.1, -0.05) is 5.16 Å². The summed E-state index contributed by atoms with van der Waals surface area (Å²) in [5.41, 5.74) is -0.844. The van der Waals surface area contributed by atoms with Crippen molar-refractivity contribution in [2.24, 2.45) is 5.16 Å². The van der Waals surface area contributed by atoms with Crippen LogP contribution in [0.5, 0.6) is 0 Å². The van der Waals surface area contributed by atoms with Crippen LogP contribution in [-0.4, -0.2) is 51.2 Å². The van der Waals surface area contributed by atoms with Crippen LogP contribution in [0.15, 0.2) is 34.8 Å². The van der Waals surface area contributed by atoms with E-state index in [1.165, 1.54) is 5.38 Å². The number of anilines is 1. The monoisotopic (exact) mass is 524 g/mol. The van der Waals surface area contributed by atoms with Crippen molar-refractivity contribution >= 4 is 86.6 Å². The molecule has 0 aliphatic heterocycles. The molecule has 1 aromatic heterocycles. The first-order valence-corrected chi connectivity index (χ1v) is 9.71. The number of thiazole rings is 1. The smallest absolute Gasteiger partial charge is 0.354 e. The first-order valence-electron chi connectivity index (χ1n) is 7.92. The Morgan fingerprint density at radius 1 is 1.22 bits per heavy atom. The molecule has 32 heavy (non-hydrogen) atoms. The Morgan fingerprint density at radius 3 is 2.44 bits per heavy atom. The zero-order chi connectivity index (χ0) is 23.0. The van der Waals surface area contributed by atoms with E-state index in [-0.39, 0.29) is 40.4 Å². The van der Waals surface area contributed by atoms with Gasteiger partial charge < -0.3 is 14.9 Å². The minimum absolute atomic E-state index is 0. The Kier molecular flexibility index (Phi) is 10.6. The zero-order valence-electron chi connectivity index (χ0n) is 15.5. The number of hydrogen-bond acceptors (Lipinski definition) is 11. The standard InChI is InChI=1S/C16H10Cl2N4O8S.ClH/c17-5-11(23)20-16-19-10(7-31-16)13(14(18)25)21-29-6-12(24)30-15(26)8-1-3-9(4-2-8)22(27)28;/h1-4,7H,5-6H2,(H,19,20,23);1H. The van der Waals surface area contributed by atoms with Gasteiger partial charge in [-0.2, -0.15) is 0 Å². The van der Waals surface area contributed by atoms with E-state index in [4.69, 9.17) is 28.0 Å². The molecule has 0 atom stereocenters. The van der Waals surface area contributed by atoms with E-state index in [1.54, 1.807) is 0 Å². The number of aromatic nitrogens is 1. The average molecular weight is 526 g/mol. The lowest BCUT2D eigenvalue weighted by atomic mass is 10.2. The van der Waals surface area contributed by atoms with Gasteiger partial charge in [-0.15, -0.1) is 35.3 Å². The number of non-ortho nitro benzene ring substituents is 1. The molecule has 1 amide bonds. The highest BCUT2D eigenvalue weighted by Crippen LogP contribution is 2.17. The number of nitrogens with zero attached hydrogens (tertiary/aromatic N) is 3. The summed E-state index contributed by atoms with van der Waals surface area (Å²) in [6.07, 6.45) is 0. The fourth-order valence-corrected chi connectivity index (χ4v) is 2.75. The third-order valence-corrected chi connectivity index (χ3v) is 4.34. The number of benzene rings is 1. The molecule has 0 spiro atoms. The van der Waals surface area contributed by atoms with Crippen LogP contribution in [0, 0.1) is 10.1 Å². The summed E-state index contributed by atoms with van der Waals surface area (Å²) in [6, 6.07) is 4.36. The Morgan fingerprint density at radius 2 is 1.88 bits per heavy atom. The molecule has 0 saturated heterocycles. The molecule has 170 valence electrons. The van der Waals surface area contributed by atoms with Gasteiger partial charge in [-0.05, 0) is 23.7 Å². The lowest BCUT2D eigenvalue weighted by molar-refractivity contribution is -0.384. The molecule has 2 rings (SSSR count). The van der Waals surface area contributed by atoms with Crippen molar-refractivity contribution in [3.05, 3.63) is 51.0 Å². The second-order valence-corrected chi connectivity index (χ2v) is 6.74. The molecule has 12 nitrogen and oxygen atoms in total. The topological polar surface area (TPSA) is 167 Å². The maximum atomic E-state index is 11.8. The average Bonchev–Trinajstić information content (AvgIpc) is 3.18. The number of alkyl halides is 1. The molecule has 1 N–H and O–H groups in total. The first kappa shape index (κ1) is 26.9. The Balaban J connectivity index is 0.00000512. The number of carbonyl (C=O) groups excluding carboxylic acids is 4. The number of amides is 1. The number of esters is 2. The highest BCUT2D eigenvalue weighted by Gasteiger charge is 2.19. The van der Waals surface area contributed by atoms with E-state index < -0.39 is 40.3 Å². The van der Waals surface area contributed by atoms with Crippen LogP contribution >= 0.6 is 46.9 Å². The number of nitro benzene ring substituents is 1.